The first kappa shape index (κ1) is 23.1. The second-order valence-corrected chi connectivity index (χ2v) is 7.14. The Kier molecular flexibility index (Phi) is 6.43. The van der Waals surface area contributed by atoms with Gasteiger partial charge in [-0.2, -0.15) is 23.3 Å². The highest BCUT2D eigenvalue weighted by Crippen LogP contribution is 2.36. The molecule has 0 radical (unpaired) electrons. The Labute approximate surface area is 190 Å². The molecule has 0 aliphatic carbocycles. The minimum absolute atomic E-state index is 0.0171. The molecule has 0 fully saturated rings. The summed E-state index contributed by atoms with van der Waals surface area (Å²) in [6.07, 6.45) is -4.41. The monoisotopic (exact) mass is 473 g/mol. The molecule has 0 unspecified atom stereocenters. The number of carbonyl (C=O) groups is 1. The summed E-state index contributed by atoms with van der Waals surface area (Å²) in [5.74, 6) is -0.427. The fourth-order valence-corrected chi connectivity index (χ4v) is 3.10. The van der Waals surface area contributed by atoms with Gasteiger partial charge in [0.1, 0.15) is 18.5 Å². The third-order valence-electron chi connectivity index (χ3n) is 4.70. The molecule has 12 heteroatoms. The second-order valence-electron chi connectivity index (χ2n) is 7.14. The summed E-state index contributed by atoms with van der Waals surface area (Å²) in [5, 5.41) is 25.0. The molecule has 4 rings (SSSR count). The quantitative estimate of drug-likeness (QED) is 0.377. The Morgan fingerprint density at radius 1 is 1.12 bits per heavy atom. The Balaban J connectivity index is 1.61. The maximum Gasteiger partial charge on any atom is 0.417 e. The van der Waals surface area contributed by atoms with Crippen LogP contribution in [-0.2, 0) is 6.18 Å². The van der Waals surface area contributed by atoms with E-state index in [1.165, 1.54) is 48.7 Å². The molecule has 4 aromatic rings. The molecule has 1 aromatic carbocycles. The summed E-state index contributed by atoms with van der Waals surface area (Å²) in [6, 6.07) is 12.4. The number of hydrogen-bond donors (Lipinski definition) is 3. The fourth-order valence-electron chi connectivity index (χ4n) is 3.10. The number of alkyl halides is 3. The van der Waals surface area contributed by atoms with Gasteiger partial charge in [-0.3, -0.25) is 4.79 Å². The molecule has 0 saturated carbocycles. The molecular weight excluding hydrogens is 455 g/mol. The number of halogens is 3. The number of nitrogens with one attached hydrogen (secondary N) is 1. The number of aliphatic hydroxyl groups is 2. The van der Waals surface area contributed by atoms with E-state index in [2.05, 4.69) is 20.4 Å². The predicted molar refractivity (Wildman–Crippen MR) is 114 cm³/mol. The van der Waals surface area contributed by atoms with Crippen molar-refractivity contribution in [1.29, 1.82) is 0 Å². The van der Waals surface area contributed by atoms with E-state index in [1.807, 2.05) is 0 Å². The first-order valence-corrected chi connectivity index (χ1v) is 9.98. The fraction of sp³-hybridized carbons (Fsp3) is 0.182. The first-order valence-electron chi connectivity index (χ1n) is 9.98. The number of aromatic nitrogens is 4. The van der Waals surface area contributed by atoms with Crippen molar-refractivity contribution in [3.8, 4) is 17.1 Å². The summed E-state index contributed by atoms with van der Waals surface area (Å²) in [5.41, 5.74) is -0.719. The van der Waals surface area contributed by atoms with Gasteiger partial charge in [0.05, 0.1) is 24.1 Å². The van der Waals surface area contributed by atoms with E-state index >= 15 is 0 Å². The van der Waals surface area contributed by atoms with Crippen molar-refractivity contribution in [1.82, 2.24) is 19.6 Å². The molecule has 0 aliphatic heterocycles. The van der Waals surface area contributed by atoms with Gasteiger partial charge in [0.2, 0.25) is 5.88 Å². The number of carbonyl (C=O) groups excluding carboxylic acids is 1. The lowest BCUT2D eigenvalue weighted by Crippen LogP contribution is -2.22. The van der Waals surface area contributed by atoms with Crippen LogP contribution in [0, 0.1) is 0 Å². The van der Waals surface area contributed by atoms with Crippen molar-refractivity contribution < 1.29 is 32.9 Å². The van der Waals surface area contributed by atoms with Gasteiger partial charge in [-0.15, -0.1) is 0 Å². The number of fused-ring (bicyclic) bond motifs is 1. The van der Waals surface area contributed by atoms with Crippen molar-refractivity contribution in [2.45, 2.75) is 12.3 Å². The number of benzene rings is 1. The van der Waals surface area contributed by atoms with E-state index in [1.54, 1.807) is 6.07 Å². The van der Waals surface area contributed by atoms with Crippen molar-refractivity contribution >= 4 is 17.4 Å². The maximum absolute atomic E-state index is 13.4. The molecule has 176 valence electrons. The Morgan fingerprint density at radius 3 is 2.68 bits per heavy atom. The number of imidazole rings is 1. The predicted octanol–water partition coefficient (Wildman–Crippen LogP) is 2.79. The van der Waals surface area contributed by atoms with Crippen LogP contribution in [-0.4, -0.2) is 55.0 Å². The summed E-state index contributed by atoms with van der Waals surface area (Å²) >= 11 is 0. The van der Waals surface area contributed by atoms with Gasteiger partial charge in [0.15, 0.2) is 11.3 Å². The van der Waals surface area contributed by atoms with Gasteiger partial charge in [0.25, 0.3) is 5.91 Å². The van der Waals surface area contributed by atoms with Crippen LogP contribution >= 0.6 is 0 Å². The lowest BCUT2D eigenvalue weighted by atomic mass is 10.0. The average molecular weight is 473 g/mol. The number of ether oxygens (including phenoxy) is 1. The van der Waals surface area contributed by atoms with E-state index < -0.39 is 30.4 Å². The minimum atomic E-state index is -4.58. The normalized spacial score (nSPS) is 12.5. The summed E-state index contributed by atoms with van der Waals surface area (Å²) in [6.45, 7) is -0.673. The molecule has 3 N–H and O–H groups in total. The van der Waals surface area contributed by atoms with Crippen LogP contribution in [0.3, 0.4) is 0 Å². The molecule has 1 atom stereocenters. The molecule has 9 nitrogen and oxygen atoms in total. The van der Waals surface area contributed by atoms with Gasteiger partial charge in [-0.05, 0) is 24.3 Å². The lowest BCUT2D eigenvalue weighted by molar-refractivity contribution is -0.137. The zero-order valence-electron chi connectivity index (χ0n) is 17.4. The van der Waals surface area contributed by atoms with Crippen LogP contribution in [0.25, 0.3) is 16.9 Å². The molecule has 0 bridgehead atoms. The summed E-state index contributed by atoms with van der Waals surface area (Å²) < 4.78 is 46.7. The van der Waals surface area contributed by atoms with Gasteiger partial charge < -0.3 is 20.3 Å². The van der Waals surface area contributed by atoms with E-state index in [-0.39, 0.29) is 40.9 Å². The number of rotatable bonds is 7. The highest BCUT2D eigenvalue weighted by atomic mass is 19.4. The van der Waals surface area contributed by atoms with Crippen LogP contribution in [0.4, 0.5) is 19.0 Å². The number of hydrogen-bond acceptors (Lipinski definition) is 7. The lowest BCUT2D eigenvalue weighted by Gasteiger charge is -2.12. The van der Waals surface area contributed by atoms with Crippen LogP contribution in [0.15, 0.2) is 60.8 Å². The Morgan fingerprint density at radius 2 is 1.91 bits per heavy atom. The van der Waals surface area contributed by atoms with Crippen LogP contribution in [0.5, 0.6) is 5.88 Å². The standard InChI is InChI=1S/C22H18F3N5O4/c23-22(24,25)15-5-2-1-4-14(15)16-8-9-19-26-10-17(30(19)29-16)21(33)28-18-6-3-7-20(27-18)34-12-13(32)11-31/h1-10,13,31-32H,11-12H2,(H,27,28,33)/t13-/m0/s1. The van der Waals surface area contributed by atoms with Crippen LogP contribution in [0.2, 0.25) is 0 Å². The molecule has 0 aliphatic rings. The molecule has 34 heavy (non-hydrogen) atoms. The largest absolute Gasteiger partial charge is 0.475 e. The van der Waals surface area contributed by atoms with Crippen molar-refractivity contribution in [3.05, 3.63) is 72.1 Å². The second kappa shape index (κ2) is 9.45. The number of anilines is 1. The third kappa shape index (κ3) is 4.97. The molecule has 1 amide bonds. The molecule has 3 aromatic heterocycles. The highest BCUT2D eigenvalue weighted by Gasteiger charge is 2.33. The Hall–Kier alpha value is -4.03. The maximum atomic E-state index is 13.4. The van der Waals surface area contributed by atoms with Crippen molar-refractivity contribution in [2.75, 3.05) is 18.5 Å². The topological polar surface area (TPSA) is 122 Å². The van der Waals surface area contributed by atoms with Gasteiger partial charge in [-0.25, -0.2) is 9.50 Å². The first-order chi connectivity index (χ1) is 16.3. The van der Waals surface area contributed by atoms with Crippen LogP contribution in [0.1, 0.15) is 16.1 Å². The van der Waals surface area contributed by atoms with Gasteiger partial charge in [-0.1, -0.05) is 24.3 Å². The smallest absolute Gasteiger partial charge is 0.417 e. The summed E-state index contributed by atoms with van der Waals surface area (Å²) in [7, 11) is 0. The number of nitrogens with zero attached hydrogens (tertiary/aromatic N) is 4. The van der Waals surface area contributed by atoms with E-state index in [0.717, 1.165) is 10.6 Å². The molecular formula is C22H18F3N5O4. The highest BCUT2D eigenvalue weighted by molar-refractivity contribution is 6.02. The van der Waals surface area contributed by atoms with Crippen molar-refractivity contribution in [2.24, 2.45) is 0 Å². The van der Waals surface area contributed by atoms with E-state index in [4.69, 9.17) is 9.84 Å². The van der Waals surface area contributed by atoms with Gasteiger partial charge >= 0.3 is 6.18 Å². The third-order valence-corrected chi connectivity index (χ3v) is 4.70. The zero-order valence-corrected chi connectivity index (χ0v) is 17.4. The molecule has 0 spiro atoms. The zero-order chi connectivity index (χ0) is 24.3. The van der Waals surface area contributed by atoms with Gasteiger partial charge in [0, 0.05) is 11.6 Å². The molecule has 3 heterocycles. The number of aliphatic hydroxyl groups excluding tert-OH is 2. The average Bonchev–Trinajstić information content (AvgIpc) is 3.25. The number of amides is 1. The van der Waals surface area contributed by atoms with E-state index in [9.17, 15) is 23.1 Å². The minimum Gasteiger partial charge on any atom is -0.475 e. The Bertz CT molecular complexity index is 1330. The molecule has 0 saturated heterocycles. The van der Waals surface area contributed by atoms with E-state index in [0.29, 0.717) is 0 Å². The van der Waals surface area contributed by atoms with Crippen LogP contribution < -0.4 is 10.1 Å². The van der Waals surface area contributed by atoms with Crippen molar-refractivity contribution in [3.63, 3.8) is 0 Å². The number of pyridine rings is 1. The SMILES string of the molecule is O=C(Nc1cccc(OC[C@@H](O)CO)n1)c1cnc2ccc(-c3ccccc3C(F)(F)F)nn12. The summed E-state index contributed by atoms with van der Waals surface area (Å²) in [4.78, 5) is 21.0.